The van der Waals surface area contributed by atoms with Gasteiger partial charge in [-0.2, -0.15) is 9.61 Å². The van der Waals surface area contributed by atoms with Gasteiger partial charge in [-0.05, 0) is 49.4 Å². The zero-order valence-electron chi connectivity index (χ0n) is 21.4. The number of rotatable bonds is 7. The van der Waals surface area contributed by atoms with Crippen molar-refractivity contribution in [1.29, 1.82) is 0 Å². The molecule has 192 valence electrons. The molecule has 2 heterocycles. The van der Waals surface area contributed by atoms with Crippen molar-refractivity contribution in [3.63, 3.8) is 0 Å². The summed E-state index contributed by atoms with van der Waals surface area (Å²) in [5.41, 5.74) is 8.37. The van der Waals surface area contributed by atoms with Crippen LogP contribution in [-0.2, 0) is 0 Å². The maximum absolute atomic E-state index is 13.1. The van der Waals surface area contributed by atoms with Crippen molar-refractivity contribution in [3.8, 4) is 5.75 Å². The van der Waals surface area contributed by atoms with Crippen LogP contribution in [0.1, 0.15) is 49.7 Å². The summed E-state index contributed by atoms with van der Waals surface area (Å²) in [7, 11) is 1.60. The van der Waals surface area contributed by atoms with E-state index in [-0.39, 0.29) is 11.9 Å². The highest BCUT2D eigenvalue weighted by Crippen LogP contribution is 2.29. The number of methoxy groups -OCH3 is 1. The van der Waals surface area contributed by atoms with E-state index in [0.29, 0.717) is 35.0 Å². The molecule has 4 aromatic rings. The third-order valence-electron chi connectivity index (χ3n) is 5.76. The molecule has 0 unspecified atom stereocenters. The van der Waals surface area contributed by atoms with E-state index in [0.717, 1.165) is 36.4 Å². The zero-order valence-corrected chi connectivity index (χ0v) is 21.4. The fourth-order valence-corrected chi connectivity index (χ4v) is 3.75. The number of nitrogens with two attached hydrogens (primary N) is 1. The lowest BCUT2D eigenvalue weighted by Crippen LogP contribution is -2.33. The molecule has 2 aromatic carbocycles. The van der Waals surface area contributed by atoms with E-state index in [1.54, 1.807) is 20.1 Å². The van der Waals surface area contributed by atoms with E-state index < -0.39 is 11.6 Å². The van der Waals surface area contributed by atoms with Crippen LogP contribution >= 0.6 is 0 Å². The molecule has 36 heavy (non-hydrogen) atoms. The fourth-order valence-electron chi connectivity index (χ4n) is 3.75. The Morgan fingerprint density at radius 3 is 2.53 bits per heavy atom. The maximum Gasteiger partial charge on any atom is 0.274 e. The van der Waals surface area contributed by atoms with E-state index >= 15 is 0 Å². The third kappa shape index (κ3) is 6.08. The minimum atomic E-state index is -0.530. The molecule has 0 radical (unpaired) electrons. The number of hydrogen-bond donors (Lipinski definition) is 1. The Balaban J connectivity index is 0.000000338. The van der Waals surface area contributed by atoms with Crippen molar-refractivity contribution < 1.29 is 18.3 Å². The monoisotopic (exact) mass is 497 g/mol. The first-order valence-electron chi connectivity index (χ1n) is 12.0. The number of nitrogens with zero attached hydrogens (tertiary/aromatic N) is 4. The number of halogens is 2. The number of ether oxygens (including phenoxy) is 1. The minimum absolute atomic E-state index is 0.0725. The Hall–Kier alpha value is -3.75. The van der Waals surface area contributed by atoms with Gasteiger partial charge in [0.15, 0.2) is 5.69 Å². The number of amides is 1. The average molecular weight is 498 g/mol. The molecule has 0 saturated heterocycles. The molecule has 7 nitrogen and oxygen atoms in total. The van der Waals surface area contributed by atoms with Gasteiger partial charge in [-0.3, -0.25) is 4.79 Å². The van der Waals surface area contributed by atoms with E-state index in [9.17, 15) is 13.6 Å². The topological polar surface area (TPSA) is 85.8 Å². The summed E-state index contributed by atoms with van der Waals surface area (Å²) in [5, 5.41) is 5.29. The fraction of sp³-hybridized carbons (Fsp3) is 0.370. The highest BCUT2D eigenvalue weighted by Gasteiger charge is 2.21. The standard InChI is InChI=1S/C20H27N5O2.C7H6F2/c1-5-10-24(11-9-13(2)3)19(26)15-12-16-14-7-6-8-17(27-4)18(14)22-20(21)25(16)23-15;1-5-2-3-6(8)4-7(5)9/h6-8,12-13H,5,9-11H2,1-4H3,(H2,21,22);2-4H,1H3. The van der Waals surface area contributed by atoms with Gasteiger partial charge in [0, 0.05) is 24.5 Å². The Morgan fingerprint density at radius 1 is 1.17 bits per heavy atom. The second-order valence-electron chi connectivity index (χ2n) is 9.02. The van der Waals surface area contributed by atoms with Crippen LogP contribution in [0.3, 0.4) is 0 Å². The summed E-state index contributed by atoms with van der Waals surface area (Å²) >= 11 is 0. The summed E-state index contributed by atoms with van der Waals surface area (Å²) in [6.45, 7) is 9.41. The molecular weight excluding hydrogens is 464 g/mol. The number of nitrogen functional groups attached to an aromatic ring is 1. The van der Waals surface area contributed by atoms with Gasteiger partial charge in [-0.1, -0.05) is 39.0 Å². The second kappa shape index (κ2) is 11.8. The summed E-state index contributed by atoms with van der Waals surface area (Å²) in [5.74, 6) is 0.310. The quantitative estimate of drug-likeness (QED) is 0.357. The van der Waals surface area contributed by atoms with Gasteiger partial charge in [-0.25, -0.2) is 13.8 Å². The van der Waals surface area contributed by atoms with Gasteiger partial charge in [0.2, 0.25) is 5.95 Å². The SMILES string of the molecule is CCCN(CCC(C)C)C(=O)c1cc2c3cccc(OC)c3nc(N)n2n1.Cc1ccc(F)cc1F. The van der Waals surface area contributed by atoms with Crippen molar-refractivity contribution in [3.05, 3.63) is 65.4 Å². The number of carbonyl (C=O) groups is 1. The van der Waals surface area contributed by atoms with Crippen LogP contribution in [0, 0.1) is 24.5 Å². The normalized spacial score (nSPS) is 11.0. The Morgan fingerprint density at radius 2 is 1.92 bits per heavy atom. The van der Waals surface area contributed by atoms with E-state index in [1.807, 2.05) is 23.1 Å². The van der Waals surface area contributed by atoms with Crippen molar-refractivity contribution in [2.45, 2.75) is 40.5 Å². The van der Waals surface area contributed by atoms with Crippen molar-refractivity contribution >= 4 is 28.3 Å². The predicted octanol–water partition coefficient (Wildman–Crippen LogP) is 5.64. The molecule has 2 aromatic heterocycles. The molecule has 0 fully saturated rings. The summed E-state index contributed by atoms with van der Waals surface area (Å²) in [6, 6.07) is 11.0. The molecule has 0 atom stereocenters. The summed E-state index contributed by atoms with van der Waals surface area (Å²) in [4.78, 5) is 19.3. The number of carbonyl (C=O) groups excluding carboxylic acids is 1. The lowest BCUT2D eigenvalue weighted by atomic mass is 10.1. The van der Waals surface area contributed by atoms with Crippen LogP contribution in [0.5, 0.6) is 5.75 Å². The predicted molar refractivity (Wildman–Crippen MR) is 138 cm³/mol. The van der Waals surface area contributed by atoms with Crippen LogP contribution in [-0.4, -0.2) is 45.6 Å². The van der Waals surface area contributed by atoms with Gasteiger partial charge in [0.1, 0.15) is 22.9 Å². The van der Waals surface area contributed by atoms with E-state index in [2.05, 4.69) is 30.9 Å². The van der Waals surface area contributed by atoms with Gasteiger partial charge in [0.05, 0.1) is 12.6 Å². The van der Waals surface area contributed by atoms with Crippen molar-refractivity contribution in [1.82, 2.24) is 19.5 Å². The van der Waals surface area contributed by atoms with Crippen LogP contribution < -0.4 is 10.5 Å². The first kappa shape index (κ1) is 26.8. The number of fused-ring (bicyclic) bond motifs is 3. The lowest BCUT2D eigenvalue weighted by molar-refractivity contribution is 0.0742. The number of para-hydroxylation sites is 1. The molecule has 0 bridgehead atoms. The molecule has 9 heteroatoms. The molecule has 2 N–H and O–H groups in total. The molecule has 4 rings (SSSR count). The van der Waals surface area contributed by atoms with Crippen molar-refractivity contribution in [2.75, 3.05) is 25.9 Å². The summed E-state index contributed by atoms with van der Waals surface area (Å²) in [6.07, 6.45) is 1.87. The Bertz CT molecular complexity index is 1350. The van der Waals surface area contributed by atoms with Crippen LogP contribution in [0.2, 0.25) is 0 Å². The molecule has 0 aliphatic carbocycles. The van der Waals surface area contributed by atoms with Crippen LogP contribution in [0.25, 0.3) is 16.4 Å². The van der Waals surface area contributed by atoms with Crippen LogP contribution in [0.15, 0.2) is 42.5 Å². The Kier molecular flexibility index (Phi) is 8.79. The number of hydrogen-bond acceptors (Lipinski definition) is 5. The van der Waals surface area contributed by atoms with Gasteiger partial charge >= 0.3 is 0 Å². The molecule has 1 amide bonds. The molecule has 0 saturated carbocycles. The summed E-state index contributed by atoms with van der Waals surface area (Å²) < 4.78 is 31.4. The molecule has 0 spiro atoms. The number of aromatic nitrogens is 3. The van der Waals surface area contributed by atoms with Crippen LogP contribution in [0.4, 0.5) is 14.7 Å². The largest absolute Gasteiger partial charge is 0.494 e. The number of aryl methyl sites for hydroxylation is 1. The molecule has 0 aliphatic rings. The number of benzene rings is 2. The lowest BCUT2D eigenvalue weighted by Gasteiger charge is -2.22. The minimum Gasteiger partial charge on any atom is -0.494 e. The van der Waals surface area contributed by atoms with Crippen molar-refractivity contribution in [2.24, 2.45) is 5.92 Å². The first-order chi connectivity index (χ1) is 17.2. The van der Waals surface area contributed by atoms with Gasteiger partial charge < -0.3 is 15.4 Å². The highest BCUT2D eigenvalue weighted by atomic mass is 19.1. The van der Waals surface area contributed by atoms with E-state index in [1.165, 1.54) is 16.6 Å². The second-order valence-corrected chi connectivity index (χ2v) is 9.02. The zero-order chi connectivity index (χ0) is 26.4. The molecule has 0 aliphatic heterocycles. The van der Waals surface area contributed by atoms with E-state index in [4.69, 9.17) is 10.5 Å². The Labute approximate surface area is 209 Å². The number of anilines is 1. The first-order valence-corrected chi connectivity index (χ1v) is 12.0. The van der Waals surface area contributed by atoms with Gasteiger partial charge in [-0.15, -0.1) is 0 Å². The maximum atomic E-state index is 13.1. The molecular formula is C27H33F2N5O2. The highest BCUT2D eigenvalue weighted by molar-refractivity contribution is 6.01. The third-order valence-corrected chi connectivity index (χ3v) is 5.76. The average Bonchev–Trinajstić information content (AvgIpc) is 3.30. The smallest absolute Gasteiger partial charge is 0.274 e. The van der Waals surface area contributed by atoms with Gasteiger partial charge in [0.25, 0.3) is 5.91 Å².